The van der Waals surface area contributed by atoms with Gasteiger partial charge in [-0.15, -0.1) is 0 Å². The Morgan fingerprint density at radius 1 is 1.29 bits per heavy atom. The van der Waals surface area contributed by atoms with Crippen molar-refractivity contribution in [1.29, 1.82) is 5.26 Å². The lowest BCUT2D eigenvalue weighted by atomic mass is 9.79. The zero-order valence-corrected chi connectivity index (χ0v) is 14.6. The number of carbonyl (C=O) groups is 1. The van der Waals surface area contributed by atoms with E-state index in [4.69, 9.17) is 0 Å². The van der Waals surface area contributed by atoms with Crippen LogP contribution in [0.4, 0.5) is 5.69 Å². The fourth-order valence-corrected chi connectivity index (χ4v) is 3.00. The Morgan fingerprint density at radius 2 is 1.90 bits per heavy atom. The van der Waals surface area contributed by atoms with Gasteiger partial charge in [-0.3, -0.25) is 4.79 Å². The Kier molecular flexibility index (Phi) is 6.91. The topological polar surface area (TPSA) is 52.9 Å². The van der Waals surface area contributed by atoms with Crippen LogP contribution in [0.1, 0.15) is 52.0 Å². The fourth-order valence-electron chi connectivity index (χ4n) is 2.59. The maximum Gasteiger partial charge on any atom is 0.244 e. The van der Waals surface area contributed by atoms with Crippen molar-refractivity contribution in [2.45, 2.75) is 52.9 Å². The number of aryl methyl sites for hydroxylation is 1. The molecule has 0 heterocycles. The van der Waals surface area contributed by atoms with Gasteiger partial charge in [0.25, 0.3) is 0 Å². The van der Waals surface area contributed by atoms with Gasteiger partial charge in [0.15, 0.2) is 0 Å². The number of halogens is 1. The SMILES string of the molecule is CCCC(C#N)(CCC)C(=O)Nc1ccc(Br)cc1CC. The molecule has 1 aromatic rings. The average molecular weight is 351 g/mol. The average Bonchev–Trinajstić information content (AvgIpc) is 2.48. The Morgan fingerprint density at radius 3 is 2.38 bits per heavy atom. The summed E-state index contributed by atoms with van der Waals surface area (Å²) in [5.74, 6) is -0.175. The summed E-state index contributed by atoms with van der Waals surface area (Å²) in [5.41, 5.74) is 0.955. The molecule has 1 rings (SSSR count). The normalized spacial score (nSPS) is 11.0. The van der Waals surface area contributed by atoms with Crippen LogP contribution in [0.5, 0.6) is 0 Å². The molecule has 0 aromatic heterocycles. The van der Waals surface area contributed by atoms with Crippen LogP contribution in [0.2, 0.25) is 0 Å². The van der Waals surface area contributed by atoms with E-state index in [-0.39, 0.29) is 5.91 Å². The molecule has 0 aliphatic carbocycles. The highest BCUT2D eigenvalue weighted by Gasteiger charge is 2.37. The van der Waals surface area contributed by atoms with Crippen LogP contribution in [0, 0.1) is 16.7 Å². The maximum absolute atomic E-state index is 12.7. The van der Waals surface area contributed by atoms with Crippen molar-refractivity contribution in [2.75, 3.05) is 5.32 Å². The molecule has 4 heteroatoms. The van der Waals surface area contributed by atoms with E-state index in [0.717, 1.165) is 35.0 Å². The van der Waals surface area contributed by atoms with Crippen LogP contribution >= 0.6 is 15.9 Å². The van der Waals surface area contributed by atoms with Gasteiger partial charge in [-0.25, -0.2) is 0 Å². The van der Waals surface area contributed by atoms with Crippen LogP contribution < -0.4 is 5.32 Å². The highest BCUT2D eigenvalue weighted by molar-refractivity contribution is 9.10. The third-order valence-electron chi connectivity index (χ3n) is 3.70. The van der Waals surface area contributed by atoms with E-state index in [1.54, 1.807) is 0 Å². The molecular formula is C17H23BrN2O. The smallest absolute Gasteiger partial charge is 0.244 e. The molecule has 1 N–H and O–H groups in total. The minimum Gasteiger partial charge on any atom is -0.324 e. The molecule has 1 amide bonds. The summed E-state index contributed by atoms with van der Waals surface area (Å²) in [4.78, 5) is 12.7. The number of rotatable bonds is 7. The van der Waals surface area contributed by atoms with Gasteiger partial charge in [-0.05, 0) is 43.0 Å². The lowest BCUT2D eigenvalue weighted by Gasteiger charge is -2.25. The predicted octanol–water partition coefficient (Wildman–Crippen LogP) is 5.06. The van der Waals surface area contributed by atoms with Crippen molar-refractivity contribution in [3.8, 4) is 6.07 Å². The fraction of sp³-hybridized carbons (Fsp3) is 0.529. The van der Waals surface area contributed by atoms with E-state index in [2.05, 4.69) is 27.3 Å². The Balaban J connectivity index is 3.05. The number of nitrogens with zero attached hydrogens (tertiary/aromatic N) is 1. The first-order valence-electron chi connectivity index (χ1n) is 7.54. The number of nitriles is 1. The summed E-state index contributed by atoms with van der Waals surface area (Å²) in [6, 6.07) is 8.06. The Hall–Kier alpha value is -1.34. The van der Waals surface area contributed by atoms with Gasteiger partial charge in [0.05, 0.1) is 6.07 Å². The summed E-state index contributed by atoms with van der Waals surface area (Å²) in [5, 5.41) is 12.5. The van der Waals surface area contributed by atoms with Crippen LogP contribution in [-0.2, 0) is 11.2 Å². The molecule has 0 bridgehead atoms. The highest BCUT2D eigenvalue weighted by Crippen LogP contribution is 2.32. The molecule has 0 saturated carbocycles. The second kappa shape index (κ2) is 8.19. The molecule has 1 aromatic carbocycles. The minimum absolute atomic E-state index is 0.175. The summed E-state index contributed by atoms with van der Waals surface area (Å²) < 4.78 is 0.992. The molecule has 114 valence electrons. The zero-order chi connectivity index (χ0) is 15.9. The number of hydrogen-bond donors (Lipinski definition) is 1. The van der Waals surface area contributed by atoms with Gasteiger partial charge in [-0.2, -0.15) is 5.26 Å². The van der Waals surface area contributed by atoms with Gasteiger partial charge in [0, 0.05) is 10.2 Å². The number of nitrogens with one attached hydrogen (secondary N) is 1. The molecular weight excluding hydrogens is 328 g/mol. The van der Waals surface area contributed by atoms with E-state index in [1.807, 2.05) is 39.0 Å². The Bertz CT molecular complexity index is 528. The first kappa shape index (κ1) is 17.7. The lowest BCUT2D eigenvalue weighted by Crippen LogP contribution is -2.35. The van der Waals surface area contributed by atoms with Crippen molar-refractivity contribution in [3.05, 3.63) is 28.2 Å². The summed E-state index contributed by atoms with van der Waals surface area (Å²) in [6.07, 6.45) is 3.67. The zero-order valence-electron chi connectivity index (χ0n) is 13.0. The minimum atomic E-state index is -0.915. The Labute approximate surface area is 135 Å². The van der Waals surface area contributed by atoms with E-state index < -0.39 is 5.41 Å². The van der Waals surface area contributed by atoms with E-state index in [0.29, 0.717) is 12.8 Å². The summed E-state index contributed by atoms with van der Waals surface area (Å²) in [6.45, 7) is 6.06. The van der Waals surface area contributed by atoms with Crippen LogP contribution in [-0.4, -0.2) is 5.91 Å². The second-order valence-corrected chi connectivity index (χ2v) is 6.22. The highest BCUT2D eigenvalue weighted by atomic mass is 79.9. The van der Waals surface area contributed by atoms with Crippen molar-refractivity contribution < 1.29 is 4.79 Å². The molecule has 0 unspecified atom stereocenters. The van der Waals surface area contributed by atoms with Crippen molar-refractivity contribution >= 4 is 27.5 Å². The lowest BCUT2D eigenvalue weighted by molar-refractivity contribution is -0.123. The molecule has 0 spiro atoms. The molecule has 3 nitrogen and oxygen atoms in total. The predicted molar refractivity (Wildman–Crippen MR) is 90.0 cm³/mol. The van der Waals surface area contributed by atoms with Crippen molar-refractivity contribution in [2.24, 2.45) is 5.41 Å². The number of hydrogen-bond acceptors (Lipinski definition) is 2. The van der Waals surface area contributed by atoms with E-state index in [1.165, 1.54) is 0 Å². The van der Waals surface area contributed by atoms with E-state index >= 15 is 0 Å². The quantitative estimate of drug-likeness (QED) is 0.746. The molecule has 0 aliphatic rings. The number of benzene rings is 1. The molecule has 0 aliphatic heterocycles. The third kappa shape index (κ3) is 4.31. The number of amides is 1. The first-order valence-corrected chi connectivity index (χ1v) is 8.33. The van der Waals surface area contributed by atoms with Gasteiger partial charge >= 0.3 is 0 Å². The van der Waals surface area contributed by atoms with Crippen LogP contribution in [0.15, 0.2) is 22.7 Å². The molecule has 0 radical (unpaired) electrons. The van der Waals surface area contributed by atoms with Gasteiger partial charge in [0.2, 0.25) is 5.91 Å². The van der Waals surface area contributed by atoms with Gasteiger partial charge in [-0.1, -0.05) is 49.5 Å². The summed E-state index contributed by atoms with van der Waals surface area (Å²) >= 11 is 3.44. The summed E-state index contributed by atoms with van der Waals surface area (Å²) in [7, 11) is 0. The maximum atomic E-state index is 12.7. The monoisotopic (exact) mass is 350 g/mol. The van der Waals surface area contributed by atoms with Gasteiger partial charge in [0.1, 0.15) is 5.41 Å². The van der Waals surface area contributed by atoms with Crippen molar-refractivity contribution in [1.82, 2.24) is 0 Å². The van der Waals surface area contributed by atoms with Crippen LogP contribution in [0.25, 0.3) is 0 Å². The van der Waals surface area contributed by atoms with Crippen LogP contribution in [0.3, 0.4) is 0 Å². The van der Waals surface area contributed by atoms with E-state index in [9.17, 15) is 10.1 Å². The largest absolute Gasteiger partial charge is 0.324 e. The molecule has 0 atom stereocenters. The standard InChI is InChI=1S/C17H23BrN2O/c1-4-9-17(12-19,10-5-2)16(21)20-15-8-7-14(18)11-13(15)6-3/h7-8,11H,4-6,9-10H2,1-3H3,(H,20,21). The number of carbonyl (C=O) groups excluding carboxylic acids is 1. The van der Waals surface area contributed by atoms with Gasteiger partial charge < -0.3 is 5.32 Å². The number of anilines is 1. The van der Waals surface area contributed by atoms with Crippen molar-refractivity contribution in [3.63, 3.8) is 0 Å². The second-order valence-electron chi connectivity index (χ2n) is 5.30. The molecule has 0 fully saturated rings. The third-order valence-corrected chi connectivity index (χ3v) is 4.19. The first-order chi connectivity index (χ1) is 10.0. The molecule has 21 heavy (non-hydrogen) atoms. The molecule has 0 saturated heterocycles.